The Kier molecular flexibility index (Phi) is 10.4. The minimum absolute atomic E-state index is 0.0240. The van der Waals surface area contributed by atoms with Crippen LogP contribution in [0.25, 0.3) is 0 Å². The van der Waals surface area contributed by atoms with Crippen LogP contribution in [0.3, 0.4) is 0 Å². The molecule has 8 nitrogen and oxygen atoms in total. The largest absolute Gasteiger partial charge is 0.444 e. The molecule has 1 heterocycles. The summed E-state index contributed by atoms with van der Waals surface area (Å²) in [5.74, 6) is 0.684. The smallest absolute Gasteiger partial charge is 0.408 e. The Morgan fingerprint density at radius 3 is 2.40 bits per heavy atom. The van der Waals surface area contributed by atoms with Crippen molar-refractivity contribution >= 4 is 12.1 Å². The number of nitrogens with zero attached hydrogens (tertiary/aromatic N) is 2. The number of carbonyl (C=O) groups is 1. The molecule has 0 radical (unpaired) electrons. The molecule has 170 valence electrons. The van der Waals surface area contributed by atoms with Crippen molar-refractivity contribution in [2.24, 2.45) is 4.99 Å². The van der Waals surface area contributed by atoms with E-state index in [1.165, 1.54) is 0 Å². The van der Waals surface area contributed by atoms with Gasteiger partial charge in [0.2, 0.25) is 5.56 Å². The Bertz CT molecular complexity index is 733. The third-order valence-electron chi connectivity index (χ3n) is 4.95. The van der Waals surface area contributed by atoms with Gasteiger partial charge in [-0.1, -0.05) is 19.9 Å². The average Bonchev–Trinajstić information content (AvgIpc) is 2.69. The number of unbranched alkanes of at least 4 members (excludes halogenated alkanes) is 1. The highest BCUT2D eigenvalue weighted by molar-refractivity contribution is 5.79. The lowest BCUT2D eigenvalue weighted by Gasteiger charge is -2.34. The topological polar surface area (TPSA) is 96.8 Å². The molecule has 0 atom stereocenters. The van der Waals surface area contributed by atoms with Crippen LogP contribution in [0.15, 0.2) is 34.2 Å². The summed E-state index contributed by atoms with van der Waals surface area (Å²) < 4.78 is 7.13. The van der Waals surface area contributed by atoms with Gasteiger partial charge in [-0.15, -0.1) is 0 Å². The van der Waals surface area contributed by atoms with Gasteiger partial charge >= 0.3 is 6.09 Å². The fraction of sp³-hybridized carbons (Fsp3) is 0.682. The number of hydrogen-bond acceptors (Lipinski definition) is 4. The number of aliphatic imine (C=N–C) groups is 1. The molecule has 1 amide bonds. The highest BCUT2D eigenvalue weighted by Crippen LogP contribution is 2.16. The Hall–Kier alpha value is -2.51. The van der Waals surface area contributed by atoms with Crippen LogP contribution >= 0.6 is 0 Å². The summed E-state index contributed by atoms with van der Waals surface area (Å²) in [4.78, 5) is 28.2. The SMILES string of the molecule is CCC(CC)(CNC(=NC)NCCCCn1ccccc1=O)NC(=O)OC(C)(C)C. The number of carbonyl (C=O) groups excluding carboxylic acids is 1. The molecular weight excluding hydrogens is 382 g/mol. The van der Waals surface area contributed by atoms with Gasteiger partial charge in [0.05, 0.1) is 5.54 Å². The predicted molar refractivity (Wildman–Crippen MR) is 122 cm³/mol. The molecule has 30 heavy (non-hydrogen) atoms. The normalized spacial score (nSPS) is 12.4. The monoisotopic (exact) mass is 421 g/mol. The number of pyridine rings is 1. The number of aromatic nitrogens is 1. The van der Waals surface area contributed by atoms with Crippen LogP contribution in [0.5, 0.6) is 0 Å². The molecule has 0 unspecified atom stereocenters. The molecule has 0 aromatic carbocycles. The lowest BCUT2D eigenvalue weighted by Crippen LogP contribution is -2.57. The number of amides is 1. The van der Waals surface area contributed by atoms with Gasteiger partial charge in [-0.25, -0.2) is 4.79 Å². The fourth-order valence-electron chi connectivity index (χ4n) is 2.97. The van der Waals surface area contributed by atoms with Crippen molar-refractivity contribution in [3.8, 4) is 0 Å². The number of hydrogen-bond donors (Lipinski definition) is 3. The molecule has 3 N–H and O–H groups in total. The van der Waals surface area contributed by atoms with Crippen LogP contribution in [0.1, 0.15) is 60.3 Å². The molecule has 8 heteroatoms. The third-order valence-corrected chi connectivity index (χ3v) is 4.95. The van der Waals surface area contributed by atoms with E-state index in [0.29, 0.717) is 19.0 Å². The first kappa shape index (κ1) is 25.5. The zero-order valence-electron chi connectivity index (χ0n) is 19.4. The summed E-state index contributed by atoms with van der Waals surface area (Å²) in [5.41, 5.74) is -0.933. The maximum Gasteiger partial charge on any atom is 0.408 e. The van der Waals surface area contributed by atoms with E-state index in [1.54, 1.807) is 23.7 Å². The van der Waals surface area contributed by atoms with Gasteiger partial charge in [0, 0.05) is 38.9 Å². The van der Waals surface area contributed by atoms with Crippen LogP contribution in [0.4, 0.5) is 4.79 Å². The predicted octanol–water partition coefficient (Wildman–Crippen LogP) is 2.88. The van der Waals surface area contributed by atoms with E-state index in [4.69, 9.17) is 4.74 Å². The first-order chi connectivity index (χ1) is 14.1. The molecule has 0 spiro atoms. The van der Waals surface area contributed by atoms with Gasteiger partial charge in [0.1, 0.15) is 5.60 Å². The van der Waals surface area contributed by atoms with E-state index in [-0.39, 0.29) is 5.56 Å². The van der Waals surface area contributed by atoms with E-state index < -0.39 is 17.2 Å². The first-order valence-electron chi connectivity index (χ1n) is 10.8. The quantitative estimate of drug-likeness (QED) is 0.307. The molecule has 1 aromatic rings. The van der Waals surface area contributed by atoms with Crippen molar-refractivity contribution in [1.82, 2.24) is 20.5 Å². The van der Waals surface area contributed by atoms with Gasteiger partial charge in [-0.2, -0.15) is 0 Å². The van der Waals surface area contributed by atoms with Crippen LogP contribution in [0.2, 0.25) is 0 Å². The van der Waals surface area contributed by atoms with Crippen LogP contribution in [-0.2, 0) is 11.3 Å². The van der Waals surface area contributed by atoms with Gasteiger partial charge in [-0.05, 0) is 52.5 Å². The highest BCUT2D eigenvalue weighted by atomic mass is 16.6. The van der Waals surface area contributed by atoms with Crippen LogP contribution < -0.4 is 21.5 Å². The second kappa shape index (κ2) is 12.2. The van der Waals surface area contributed by atoms with Crippen LogP contribution in [0, 0.1) is 0 Å². The molecular formula is C22H39N5O3. The standard InChI is InChI=1S/C22H39N5O3/c1-7-22(8-2,26-20(29)30-21(3,4)5)17-25-19(23-6)24-14-10-12-16-27-15-11-9-13-18(27)28/h9,11,13,15H,7-8,10,12,14,16-17H2,1-6H3,(H,26,29)(H2,23,24,25). The molecule has 1 rings (SSSR count). The lowest BCUT2D eigenvalue weighted by atomic mass is 9.93. The van der Waals surface area contributed by atoms with Gasteiger partial charge < -0.3 is 25.3 Å². The molecule has 0 bridgehead atoms. The fourth-order valence-corrected chi connectivity index (χ4v) is 2.97. The number of rotatable bonds is 10. The maximum atomic E-state index is 12.3. The zero-order valence-corrected chi connectivity index (χ0v) is 19.4. The molecule has 0 aliphatic rings. The number of aryl methyl sites for hydroxylation is 1. The van der Waals surface area contributed by atoms with Crippen molar-refractivity contribution in [3.63, 3.8) is 0 Å². The minimum Gasteiger partial charge on any atom is -0.444 e. The van der Waals surface area contributed by atoms with Crippen LogP contribution in [-0.4, -0.2) is 47.9 Å². The second-order valence-electron chi connectivity index (χ2n) is 8.41. The number of guanidine groups is 1. The molecule has 0 saturated carbocycles. The van der Waals surface area contributed by atoms with Crippen molar-refractivity contribution in [1.29, 1.82) is 0 Å². The van der Waals surface area contributed by atoms with Gasteiger partial charge in [0.15, 0.2) is 5.96 Å². The molecule has 0 aliphatic heterocycles. The third kappa shape index (κ3) is 9.33. The van der Waals surface area contributed by atoms with Gasteiger partial charge in [-0.3, -0.25) is 9.79 Å². The number of ether oxygens (including phenoxy) is 1. The summed E-state index contributed by atoms with van der Waals surface area (Å²) >= 11 is 0. The number of nitrogens with one attached hydrogen (secondary N) is 3. The molecule has 0 fully saturated rings. The Balaban J connectivity index is 2.46. The van der Waals surface area contributed by atoms with E-state index >= 15 is 0 Å². The highest BCUT2D eigenvalue weighted by Gasteiger charge is 2.30. The van der Waals surface area contributed by atoms with Crippen molar-refractivity contribution in [3.05, 3.63) is 34.7 Å². The number of alkyl carbamates (subject to hydrolysis) is 1. The minimum atomic E-state index is -0.535. The Labute approximate surface area is 180 Å². The van der Waals surface area contributed by atoms with Crippen molar-refractivity contribution in [2.75, 3.05) is 20.1 Å². The molecule has 1 aromatic heterocycles. The van der Waals surface area contributed by atoms with E-state index in [9.17, 15) is 9.59 Å². The first-order valence-corrected chi connectivity index (χ1v) is 10.8. The summed E-state index contributed by atoms with van der Waals surface area (Å²) in [6.07, 6.45) is 4.72. The Morgan fingerprint density at radius 2 is 1.83 bits per heavy atom. The Morgan fingerprint density at radius 1 is 1.13 bits per heavy atom. The summed E-state index contributed by atoms with van der Waals surface area (Å²) in [5, 5.41) is 9.63. The maximum absolute atomic E-state index is 12.3. The van der Waals surface area contributed by atoms with Crippen molar-refractivity contribution in [2.45, 2.75) is 78.0 Å². The van der Waals surface area contributed by atoms with E-state index in [2.05, 4.69) is 20.9 Å². The van der Waals surface area contributed by atoms with Crippen molar-refractivity contribution < 1.29 is 9.53 Å². The molecule has 0 aliphatic carbocycles. The van der Waals surface area contributed by atoms with E-state index in [1.807, 2.05) is 46.9 Å². The summed E-state index contributed by atoms with van der Waals surface area (Å²) in [6.45, 7) is 11.6. The van der Waals surface area contributed by atoms with Gasteiger partial charge in [0.25, 0.3) is 0 Å². The summed E-state index contributed by atoms with van der Waals surface area (Å²) in [7, 11) is 1.72. The lowest BCUT2D eigenvalue weighted by molar-refractivity contribution is 0.0448. The second-order valence-corrected chi connectivity index (χ2v) is 8.41. The average molecular weight is 422 g/mol. The zero-order chi connectivity index (χ0) is 22.6. The van der Waals surface area contributed by atoms with E-state index in [0.717, 1.165) is 32.2 Å². The molecule has 0 saturated heterocycles. The summed E-state index contributed by atoms with van der Waals surface area (Å²) in [6, 6.07) is 5.19.